The lowest BCUT2D eigenvalue weighted by Gasteiger charge is -2.24. The van der Waals surface area contributed by atoms with Crippen LogP contribution in [0.2, 0.25) is 0 Å². The zero-order valence-electron chi connectivity index (χ0n) is 9.24. The maximum absolute atomic E-state index is 11.5. The van der Waals surface area contributed by atoms with E-state index < -0.39 is 6.04 Å². The molecule has 5 heteroatoms. The van der Waals surface area contributed by atoms with E-state index in [9.17, 15) is 4.79 Å². The van der Waals surface area contributed by atoms with Crippen LogP contribution in [0, 0.1) is 0 Å². The van der Waals surface area contributed by atoms with Crippen LogP contribution in [-0.4, -0.2) is 26.2 Å². The predicted molar refractivity (Wildman–Crippen MR) is 59.9 cm³/mol. The summed E-state index contributed by atoms with van der Waals surface area (Å²) in [5, 5.41) is 2.74. The van der Waals surface area contributed by atoms with E-state index in [1.165, 1.54) is 0 Å². The Bertz CT molecular complexity index is 431. The predicted octanol–water partition coefficient (Wildman–Crippen LogP) is 0.526. The summed E-state index contributed by atoms with van der Waals surface area (Å²) in [6, 6.07) is 3.08. The van der Waals surface area contributed by atoms with Gasteiger partial charge in [0.05, 0.1) is 25.9 Å². The molecule has 3 N–H and O–H groups in total. The molecular formula is C11H14N2O3. The lowest BCUT2D eigenvalue weighted by atomic mass is 9.98. The molecule has 5 nitrogen and oxygen atoms in total. The second-order valence-electron chi connectivity index (χ2n) is 3.66. The van der Waals surface area contributed by atoms with Gasteiger partial charge in [0.1, 0.15) is 11.5 Å². The number of carbonyl (C=O) groups excluding carboxylic acids is 1. The molecule has 2 rings (SSSR count). The highest BCUT2D eigenvalue weighted by molar-refractivity contribution is 5.99. The van der Waals surface area contributed by atoms with E-state index in [0.29, 0.717) is 23.6 Å². The van der Waals surface area contributed by atoms with E-state index in [1.807, 2.05) is 6.07 Å². The number of ether oxygens (including phenoxy) is 2. The third-order valence-electron chi connectivity index (χ3n) is 2.64. The fraction of sp³-hybridized carbons (Fsp3) is 0.364. The molecule has 0 aliphatic carbocycles. The molecule has 1 aliphatic rings. The van der Waals surface area contributed by atoms with E-state index in [4.69, 9.17) is 15.2 Å². The quantitative estimate of drug-likeness (QED) is 0.765. The first-order valence-corrected chi connectivity index (χ1v) is 4.97. The molecule has 1 aromatic carbocycles. The zero-order chi connectivity index (χ0) is 11.7. The van der Waals surface area contributed by atoms with E-state index in [1.54, 1.807) is 20.3 Å². The largest absolute Gasteiger partial charge is 0.497 e. The minimum atomic E-state index is -0.510. The average molecular weight is 222 g/mol. The monoisotopic (exact) mass is 222 g/mol. The van der Waals surface area contributed by atoms with Gasteiger partial charge in [-0.15, -0.1) is 0 Å². The topological polar surface area (TPSA) is 73.6 Å². The number of hydrogen-bond donors (Lipinski definition) is 2. The van der Waals surface area contributed by atoms with Crippen molar-refractivity contribution in [3.8, 4) is 11.5 Å². The first-order valence-electron chi connectivity index (χ1n) is 4.97. The SMILES string of the molecule is COc1cc2c(c(OC)c1)NC(=O)C(N)C2. The van der Waals surface area contributed by atoms with Crippen molar-refractivity contribution in [1.29, 1.82) is 0 Å². The molecule has 1 atom stereocenters. The van der Waals surface area contributed by atoms with Crippen molar-refractivity contribution >= 4 is 11.6 Å². The number of nitrogens with two attached hydrogens (primary N) is 1. The van der Waals surface area contributed by atoms with Crippen LogP contribution in [0.25, 0.3) is 0 Å². The Balaban J connectivity index is 2.50. The van der Waals surface area contributed by atoms with Gasteiger partial charge in [0.2, 0.25) is 5.91 Å². The molecule has 0 saturated heterocycles. The van der Waals surface area contributed by atoms with Crippen LogP contribution < -0.4 is 20.5 Å². The molecule has 1 aliphatic heterocycles. The third-order valence-corrected chi connectivity index (χ3v) is 2.64. The molecule has 1 aromatic rings. The Kier molecular flexibility index (Phi) is 2.70. The van der Waals surface area contributed by atoms with Gasteiger partial charge in [-0.05, 0) is 18.1 Å². The van der Waals surface area contributed by atoms with Crippen molar-refractivity contribution in [3.05, 3.63) is 17.7 Å². The van der Waals surface area contributed by atoms with E-state index in [-0.39, 0.29) is 5.91 Å². The summed E-state index contributed by atoms with van der Waals surface area (Å²) in [6.07, 6.45) is 0.495. The molecule has 0 radical (unpaired) electrons. The van der Waals surface area contributed by atoms with Crippen LogP contribution in [0.1, 0.15) is 5.56 Å². The third kappa shape index (κ3) is 1.69. The van der Waals surface area contributed by atoms with Gasteiger partial charge in [0.25, 0.3) is 0 Å². The molecule has 1 unspecified atom stereocenters. The molecule has 0 fully saturated rings. The maximum atomic E-state index is 11.5. The lowest BCUT2D eigenvalue weighted by molar-refractivity contribution is -0.117. The number of carbonyl (C=O) groups is 1. The highest BCUT2D eigenvalue weighted by Gasteiger charge is 2.25. The summed E-state index contributed by atoms with van der Waals surface area (Å²) in [4.78, 5) is 11.5. The number of methoxy groups -OCH3 is 2. The molecule has 1 heterocycles. The number of nitrogens with one attached hydrogen (secondary N) is 1. The minimum absolute atomic E-state index is 0.184. The van der Waals surface area contributed by atoms with Gasteiger partial charge in [-0.2, -0.15) is 0 Å². The summed E-state index contributed by atoms with van der Waals surface area (Å²) in [5.74, 6) is 1.10. The summed E-state index contributed by atoms with van der Waals surface area (Å²) in [7, 11) is 3.14. The van der Waals surface area contributed by atoms with Gasteiger partial charge in [0, 0.05) is 6.07 Å². The first-order chi connectivity index (χ1) is 7.65. The number of benzene rings is 1. The molecule has 1 amide bonds. The summed E-state index contributed by atoms with van der Waals surface area (Å²) < 4.78 is 10.4. The minimum Gasteiger partial charge on any atom is -0.497 e. The van der Waals surface area contributed by atoms with Crippen LogP contribution in [-0.2, 0) is 11.2 Å². The molecule has 86 valence electrons. The van der Waals surface area contributed by atoms with Crippen LogP contribution in [0.15, 0.2) is 12.1 Å². The Morgan fingerprint density at radius 3 is 2.75 bits per heavy atom. The van der Waals surface area contributed by atoms with Crippen molar-refractivity contribution in [2.75, 3.05) is 19.5 Å². The zero-order valence-corrected chi connectivity index (χ0v) is 9.24. The summed E-state index contributed by atoms with van der Waals surface area (Å²) in [5.41, 5.74) is 7.31. The van der Waals surface area contributed by atoms with Gasteiger partial charge >= 0.3 is 0 Å². The van der Waals surface area contributed by atoms with Crippen molar-refractivity contribution in [3.63, 3.8) is 0 Å². The average Bonchev–Trinajstić information content (AvgIpc) is 2.29. The molecule has 0 aromatic heterocycles. The fourth-order valence-electron chi connectivity index (χ4n) is 1.77. The van der Waals surface area contributed by atoms with Gasteiger partial charge in [-0.25, -0.2) is 0 Å². The number of anilines is 1. The Hall–Kier alpha value is -1.75. The van der Waals surface area contributed by atoms with Crippen LogP contribution in [0.5, 0.6) is 11.5 Å². The first kappa shape index (κ1) is 10.8. The van der Waals surface area contributed by atoms with Crippen molar-refractivity contribution < 1.29 is 14.3 Å². The molecular weight excluding hydrogens is 208 g/mol. The number of rotatable bonds is 2. The summed E-state index contributed by atoms with van der Waals surface area (Å²) >= 11 is 0. The van der Waals surface area contributed by atoms with Gasteiger partial charge in [-0.3, -0.25) is 4.79 Å². The Morgan fingerprint density at radius 2 is 2.12 bits per heavy atom. The highest BCUT2D eigenvalue weighted by atomic mass is 16.5. The number of amides is 1. The van der Waals surface area contributed by atoms with E-state index >= 15 is 0 Å². The second kappa shape index (κ2) is 4.02. The fourth-order valence-corrected chi connectivity index (χ4v) is 1.77. The standard InChI is InChI=1S/C11H14N2O3/c1-15-7-3-6-4-8(12)11(14)13-10(6)9(5-7)16-2/h3,5,8H,4,12H2,1-2H3,(H,13,14). The van der Waals surface area contributed by atoms with E-state index in [0.717, 1.165) is 5.56 Å². The second-order valence-corrected chi connectivity index (χ2v) is 3.66. The number of fused-ring (bicyclic) bond motifs is 1. The molecule has 0 spiro atoms. The highest BCUT2D eigenvalue weighted by Crippen LogP contribution is 2.36. The van der Waals surface area contributed by atoms with Crippen molar-refractivity contribution in [2.45, 2.75) is 12.5 Å². The smallest absolute Gasteiger partial charge is 0.241 e. The molecule has 0 saturated carbocycles. The van der Waals surface area contributed by atoms with Gasteiger partial charge in [0.15, 0.2) is 0 Å². The van der Waals surface area contributed by atoms with Crippen LogP contribution in [0.3, 0.4) is 0 Å². The van der Waals surface area contributed by atoms with Crippen LogP contribution >= 0.6 is 0 Å². The molecule has 16 heavy (non-hydrogen) atoms. The maximum Gasteiger partial charge on any atom is 0.241 e. The number of hydrogen-bond acceptors (Lipinski definition) is 4. The Labute approximate surface area is 93.5 Å². The lowest BCUT2D eigenvalue weighted by Crippen LogP contribution is -2.41. The van der Waals surface area contributed by atoms with Crippen LogP contribution in [0.4, 0.5) is 5.69 Å². The van der Waals surface area contributed by atoms with E-state index in [2.05, 4.69) is 5.32 Å². The van der Waals surface area contributed by atoms with Crippen molar-refractivity contribution in [2.24, 2.45) is 5.73 Å². The van der Waals surface area contributed by atoms with Gasteiger partial charge < -0.3 is 20.5 Å². The molecule has 0 bridgehead atoms. The Morgan fingerprint density at radius 1 is 1.38 bits per heavy atom. The van der Waals surface area contributed by atoms with Crippen molar-refractivity contribution in [1.82, 2.24) is 0 Å². The summed E-state index contributed by atoms with van der Waals surface area (Å²) in [6.45, 7) is 0. The normalized spacial score (nSPS) is 18.7. The van der Waals surface area contributed by atoms with Gasteiger partial charge in [-0.1, -0.05) is 0 Å².